The molecule has 2 aliphatic rings. The van der Waals surface area contributed by atoms with Gasteiger partial charge in [0.1, 0.15) is 5.92 Å². The molecule has 0 radical (unpaired) electrons. The summed E-state index contributed by atoms with van der Waals surface area (Å²) >= 11 is 0. The van der Waals surface area contributed by atoms with Crippen LogP contribution in [0.4, 0.5) is 0 Å². The van der Waals surface area contributed by atoms with Crippen LogP contribution >= 0.6 is 0 Å². The maximum Gasteiger partial charge on any atom is 0.267 e. The SMILES string of the molecule is CC1=C2CCCC2=NC(=O)C1C#N. The van der Waals surface area contributed by atoms with Gasteiger partial charge in [-0.15, -0.1) is 0 Å². The van der Waals surface area contributed by atoms with Crippen LogP contribution in [0.25, 0.3) is 0 Å². The summed E-state index contributed by atoms with van der Waals surface area (Å²) in [5.41, 5.74) is 3.01. The van der Waals surface area contributed by atoms with Crippen LogP contribution in [0.5, 0.6) is 0 Å². The van der Waals surface area contributed by atoms with Crippen molar-refractivity contribution in [1.82, 2.24) is 0 Å². The molecule has 0 aromatic rings. The maximum atomic E-state index is 11.3. The standard InChI is InChI=1S/C10H10N2O/c1-6-7-3-2-4-9(7)12-10(13)8(6)5-11/h8H,2-4H2,1H3. The molecule has 0 saturated heterocycles. The second-order valence-corrected chi connectivity index (χ2v) is 3.47. The molecule has 1 aliphatic heterocycles. The number of rotatable bonds is 0. The molecule has 1 heterocycles. The van der Waals surface area contributed by atoms with Gasteiger partial charge in [-0.3, -0.25) is 4.79 Å². The predicted molar refractivity (Wildman–Crippen MR) is 48.1 cm³/mol. The number of aliphatic imine (C=N–C) groups is 1. The van der Waals surface area contributed by atoms with Gasteiger partial charge in [0.15, 0.2) is 0 Å². The van der Waals surface area contributed by atoms with Crippen LogP contribution < -0.4 is 0 Å². The number of carbonyl (C=O) groups is 1. The lowest BCUT2D eigenvalue weighted by atomic mass is 9.92. The Bertz CT molecular complexity index is 371. The van der Waals surface area contributed by atoms with Gasteiger partial charge in [0.25, 0.3) is 5.91 Å². The topological polar surface area (TPSA) is 53.2 Å². The van der Waals surface area contributed by atoms with Crippen LogP contribution in [0.15, 0.2) is 16.1 Å². The Labute approximate surface area is 76.8 Å². The molecule has 0 aromatic heterocycles. The van der Waals surface area contributed by atoms with Crippen molar-refractivity contribution in [2.45, 2.75) is 26.2 Å². The smallest absolute Gasteiger partial charge is 0.267 e. The van der Waals surface area contributed by atoms with E-state index in [4.69, 9.17) is 5.26 Å². The summed E-state index contributed by atoms with van der Waals surface area (Å²) in [5, 5.41) is 8.78. The summed E-state index contributed by atoms with van der Waals surface area (Å²) in [7, 11) is 0. The minimum Gasteiger partial charge on any atom is -0.271 e. The highest BCUT2D eigenvalue weighted by Crippen LogP contribution is 2.32. The third kappa shape index (κ3) is 1.10. The van der Waals surface area contributed by atoms with Crippen molar-refractivity contribution in [3.05, 3.63) is 11.1 Å². The van der Waals surface area contributed by atoms with Crippen LogP contribution in [0.1, 0.15) is 26.2 Å². The molecule has 1 unspecified atom stereocenters. The number of dihydropyridines is 1. The Morgan fingerprint density at radius 3 is 3.00 bits per heavy atom. The fraction of sp³-hybridized carbons (Fsp3) is 0.500. The van der Waals surface area contributed by atoms with E-state index in [1.807, 2.05) is 13.0 Å². The van der Waals surface area contributed by atoms with Crippen molar-refractivity contribution < 1.29 is 4.79 Å². The molecule has 0 N–H and O–H groups in total. The number of carbonyl (C=O) groups excluding carboxylic acids is 1. The van der Waals surface area contributed by atoms with E-state index in [0.29, 0.717) is 0 Å². The Hall–Kier alpha value is -1.43. The molecule has 3 heteroatoms. The molecule has 0 aromatic carbocycles. The second kappa shape index (κ2) is 2.81. The van der Waals surface area contributed by atoms with E-state index in [9.17, 15) is 4.79 Å². The second-order valence-electron chi connectivity index (χ2n) is 3.47. The average Bonchev–Trinajstić information content (AvgIpc) is 2.53. The van der Waals surface area contributed by atoms with E-state index in [0.717, 1.165) is 36.1 Å². The van der Waals surface area contributed by atoms with Crippen molar-refractivity contribution >= 4 is 11.6 Å². The lowest BCUT2D eigenvalue weighted by molar-refractivity contribution is -0.119. The van der Waals surface area contributed by atoms with Crippen molar-refractivity contribution in [2.24, 2.45) is 10.9 Å². The maximum absolute atomic E-state index is 11.3. The zero-order valence-corrected chi connectivity index (χ0v) is 7.50. The zero-order chi connectivity index (χ0) is 9.42. The van der Waals surface area contributed by atoms with Gasteiger partial charge in [-0.05, 0) is 37.3 Å². The summed E-state index contributed by atoms with van der Waals surface area (Å²) in [5.74, 6) is -0.891. The molecule has 1 atom stereocenters. The first-order valence-electron chi connectivity index (χ1n) is 4.45. The van der Waals surface area contributed by atoms with Crippen molar-refractivity contribution in [1.29, 1.82) is 5.26 Å². The number of hydrogen-bond acceptors (Lipinski definition) is 2. The van der Waals surface area contributed by atoms with E-state index in [-0.39, 0.29) is 5.91 Å². The Morgan fingerprint density at radius 2 is 2.31 bits per heavy atom. The van der Waals surface area contributed by atoms with Gasteiger partial charge < -0.3 is 0 Å². The van der Waals surface area contributed by atoms with E-state index < -0.39 is 5.92 Å². The minimum atomic E-state index is -0.614. The summed E-state index contributed by atoms with van der Waals surface area (Å²) < 4.78 is 0. The average molecular weight is 174 g/mol. The first-order valence-corrected chi connectivity index (χ1v) is 4.45. The van der Waals surface area contributed by atoms with E-state index in [1.54, 1.807) is 0 Å². The van der Waals surface area contributed by atoms with Gasteiger partial charge in [0.2, 0.25) is 0 Å². The van der Waals surface area contributed by atoms with Crippen molar-refractivity contribution in [3.63, 3.8) is 0 Å². The number of nitrogens with zero attached hydrogens (tertiary/aromatic N) is 2. The number of fused-ring (bicyclic) bond motifs is 1. The molecule has 1 aliphatic carbocycles. The molecule has 0 spiro atoms. The number of allylic oxidation sites excluding steroid dienone is 1. The number of nitriles is 1. The Morgan fingerprint density at radius 1 is 1.54 bits per heavy atom. The van der Waals surface area contributed by atoms with Crippen LogP contribution in [0, 0.1) is 17.2 Å². The minimum absolute atomic E-state index is 0.277. The van der Waals surface area contributed by atoms with Gasteiger partial charge in [-0.2, -0.15) is 5.26 Å². The summed E-state index contributed by atoms with van der Waals surface area (Å²) in [4.78, 5) is 15.3. The first kappa shape index (κ1) is 8.18. The molecular weight excluding hydrogens is 164 g/mol. The van der Waals surface area contributed by atoms with Gasteiger partial charge in [-0.25, -0.2) is 4.99 Å². The molecule has 1 saturated carbocycles. The highest BCUT2D eigenvalue weighted by atomic mass is 16.1. The van der Waals surface area contributed by atoms with Gasteiger partial charge >= 0.3 is 0 Å². The monoisotopic (exact) mass is 174 g/mol. The quantitative estimate of drug-likeness (QED) is 0.560. The molecule has 1 fully saturated rings. The largest absolute Gasteiger partial charge is 0.271 e. The molecule has 0 bridgehead atoms. The van der Waals surface area contributed by atoms with Crippen molar-refractivity contribution in [2.75, 3.05) is 0 Å². The predicted octanol–water partition coefficient (Wildman–Crippen LogP) is 1.61. The van der Waals surface area contributed by atoms with Crippen LogP contribution in [-0.2, 0) is 4.79 Å². The molecule has 1 amide bonds. The molecule has 2 rings (SSSR count). The fourth-order valence-corrected chi connectivity index (χ4v) is 1.98. The fourth-order valence-electron chi connectivity index (χ4n) is 1.98. The van der Waals surface area contributed by atoms with Gasteiger partial charge in [0.05, 0.1) is 6.07 Å². The van der Waals surface area contributed by atoms with E-state index in [2.05, 4.69) is 4.99 Å². The summed E-state index contributed by atoms with van der Waals surface area (Å²) in [6.07, 6.45) is 2.95. The Kier molecular flexibility index (Phi) is 1.77. The van der Waals surface area contributed by atoms with Gasteiger partial charge in [-0.1, -0.05) is 0 Å². The zero-order valence-electron chi connectivity index (χ0n) is 7.50. The summed E-state index contributed by atoms with van der Waals surface area (Å²) in [6, 6.07) is 2.00. The number of hydrogen-bond donors (Lipinski definition) is 0. The normalized spacial score (nSPS) is 26.9. The van der Waals surface area contributed by atoms with Crippen molar-refractivity contribution in [3.8, 4) is 6.07 Å². The third-order valence-electron chi connectivity index (χ3n) is 2.72. The third-order valence-corrected chi connectivity index (χ3v) is 2.72. The Balaban J connectivity index is 2.49. The van der Waals surface area contributed by atoms with Crippen LogP contribution in [-0.4, -0.2) is 11.6 Å². The lowest BCUT2D eigenvalue weighted by Gasteiger charge is -2.15. The summed E-state index contributed by atoms with van der Waals surface area (Å²) in [6.45, 7) is 1.88. The molecule has 13 heavy (non-hydrogen) atoms. The van der Waals surface area contributed by atoms with Gasteiger partial charge in [0, 0.05) is 5.71 Å². The van der Waals surface area contributed by atoms with E-state index >= 15 is 0 Å². The van der Waals surface area contributed by atoms with E-state index in [1.165, 1.54) is 0 Å². The highest BCUT2D eigenvalue weighted by Gasteiger charge is 2.31. The highest BCUT2D eigenvalue weighted by molar-refractivity contribution is 6.12. The number of amides is 1. The molecule has 3 nitrogen and oxygen atoms in total. The lowest BCUT2D eigenvalue weighted by Crippen LogP contribution is -2.20. The molecule has 66 valence electrons. The van der Waals surface area contributed by atoms with Crippen LogP contribution in [0.3, 0.4) is 0 Å². The first-order chi connectivity index (χ1) is 6.24. The molecular formula is C10H10N2O. The van der Waals surface area contributed by atoms with Crippen LogP contribution in [0.2, 0.25) is 0 Å².